The fraction of sp³-hybridized carbons (Fsp3) is 0.667. The van der Waals surface area contributed by atoms with E-state index in [-0.39, 0.29) is 12.2 Å². The minimum Gasteiger partial charge on any atom is -0.479 e. The molecule has 0 spiro atoms. The van der Waals surface area contributed by atoms with Gasteiger partial charge in [0.2, 0.25) is 5.76 Å². The van der Waals surface area contributed by atoms with E-state index < -0.39 is 36.9 Å². The molecule has 92 valence electrons. The number of aliphatic hydroxyl groups excluding tert-OH is 3. The van der Waals surface area contributed by atoms with Gasteiger partial charge >= 0.3 is 5.97 Å². The van der Waals surface area contributed by atoms with Gasteiger partial charge in [-0.1, -0.05) is 0 Å². The Labute approximate surface area is 91.8 Å². The molecule has 1 aliphatic rings. The summed E-state index contributed by atoms with van der Waals surface area (Å²) >= 11 is 0. The Bertz CT molecular complexity index is 292. The van der Waals surface area contributed by atoms with Crippen molar-refractivity contribution < 1.29 is 30.0 Å². The lowest BCUT2D eigenvalue weighted by atomic mass is 9.97. The highest BCUT2D eigenvalue weighted by atomic mass is 16.5. The monoisotopic (exact) mass is 233 g/mol. The maximum Gasteiger partial charge on any atom is 0.370 e. The van der Waals surface area contributed by atoms with Crippen LogP contribution in [0.15, 0.2) is 11.8 Å². The minimum absolute atomic E-state index is 0.224. The summed E-state index contributed by atoms with van der Waals surface area (Å²) in [5, 5.41) is 36.1. The number of nitrogens with two attached hydrogens (primary N) is 1. The van der Waals surface area contributed by atoms with E-state index in [1.807, 2.05) is 0 Å². The number of rotatable bonds is 4. The van der Waals surface area contributed by atoms with Crippen molar-refractivity contribution in [2.45, 2.75) is 30.8 Å². The van der Waals surface area contributed by atoms with Crippen LogP contribution in [0.5, 0.6) is 0 Å². The highest BCUT2D eigenvalue weighted by Crippen LogP contribution is 2.20. The molecule has 0 saturated carbocycles. The number of carbonyl (C=O) groups is 1. The fourth-order valence-electron chi connectivity index (χ4n) is 1.45. The predicted octanol–water partition coefficient (Wildman–Crippen LogP) is -2.21. The van der Waals surface area contributed by atoms with Gasteiger partial charge in [-0.05, 0) is 12.5 Å². The summed E-state index contributed by atoms with van der Waals surface area (Å²) in [5.74, 6) is -1.57. The summed E-state index contributed by atoms with van der Waals surface area (Å²) in [6.07, 6.45) is -2.35. The van der Waals surface area contributed by atoms with Crippen molar-refractivity contribution in [3.05, 3.63) is 11.8 Å². The SMILES string of the molecule is N[C@@H]1CC=C(C(=O)O)O[C@H]1[C@H](O)C(O)CO. The molecule has 6 N–H and O–H groups in total. The van der Waals surface area contributed by atoms with E-state index in [1.54, 1.807) is 0 Å². The molecule has 0 aliphatic carbocycles. The van der Waals surface area contributed by atoms with Gasteiger partial charge in [-0.2, -0.15) is 0 Å². The molecule has 4 atom stereocenters. The molecule has 0 aromatic rings. The van der Waals surface area contributed by atoms with Gasteiger partial charge in [0.15, 0.2) is 0 Å². The van der Waals surface area contributed by atoms with Gasteiger partial charge in [-0.3, -0.25) is 0 Å². The van der Waals surface area contributed by atoms with Crippen LogP contribution in [-0.4, -0.2) is 57.4 Å². The third-order valence-electron chi connectivity index (χ3n) is 2.39. The van der Waals surface area contributed by atoms with Crippen LogP contribution in [0.1, 0.15) is 6.42 Å². The number of carboxylic acids is 1. The summed E-state index contributed by atoms with van der Waals surface area (Å²) < 4.78 is 4.96. The van der Waals surface area contributed by atoms with Crippen LogP contribution < -0.4 is 5.73 Å². The van der Waals surface area contributed by atoms with Crippen LogP contribution in [0, 0.1) is 0 Å². The van der Waals surface area contributed by atoms with Crippen molar-refractivity contribution in [3.8, 4) is 0 Å². The number of aliphatic hydroxyl groups is 3. The minimum atomic E-state index is -1.43. The quantitative estimate of drug-likeness (QED) is 0.371. The Hall–Kier alpha value is -1.15. The lowest BCUT2D eigenvalue weighted by Crippen LogP contribution is -2.52. The van der Waals surface area contributed by atoms with E-state index >= 15 is 0 Å². The van der Waals surface area contributed by atoms with Gasteiger partial charge in [0.05, 0.1) is 6.61 Å². The zero-order valence-electron chi connectivity index (χ0n) is 8.48. The molecule has 0 aromatic carbocycles. The van der Waals surface area contributed by atoms with Gasteiger partial charge in [0, 0.05) is 6.04 Å². The molecule has 0 saturated heterocycles. The zero-order valence-corrected chi connectivity index (χ0v) is 8.48. The first-order valence-electron chi connectivity index (χ1n) is 4.80. The number of hydrogen-bond acceptors (Lipinski definition) is 6. The van der Waals surface area contributed by atoms with Crippen LogP contribution in [0.2, 0.25) is 0 Å². The molecule has 0 amide bonds. The fourth-order valence-corrected chi connectivity index (χ4v) is 1.45. The summed E-state index contributed by atoms with van der Waals surface area (Å²) in [6, 6.07) is -0.626. The molecule has 1 unspecified atom stereocenters. The Morgan fingerprint density at radius 2 is 2.25 bits per heavy atom. The zero-order chi connectivity index (χ0) is 12.3. The standard InChI is InChI=1S/C9H15NO6/c10-4-1-2-6(9(14)15)16-8(4)7(13)5(12)3-11/h2,4-5,7-8,11-13H,1,3,10H2,(H,14,15)/t4-,5?,7-,8-/m1/s1. The maximum absolute atomic E-state index is 10.6. The highest BCUT2D eigenvalue weighted by molar-refractivity contribution is 5.84. The van der Waals surface area contributed by atoms with E-state index in [2.05, 4.69) is 0 Å². The summed E-state index contributed by atoms with van der Waals surface area (Å²) in [7, 11) is 0. The number of ether oxygens (including phenoxy) is 1. The number of hydrogen-bond donors (Lipinski definition) is 5. The average molecular weight is 233 g/mol. The summed E-state index contributed by atoms with van der Waals surface area (Å²) in [6.45, 7) is -0.653. The molecule has 0 aromatic heterocycles. The molecule has 1 aliphatic heterocycles. The van der Waals surface area contributed by atoms with Crippen LogP contribution in [0.4, 0.5) is 0 Å². The Morgan fingerprint density at radius 3 is 2.75 bits per heavy atom. The van der Waals surface area contributed by atoms with Crippen molar-refractivity contribution in [3.63, 3.8) is 0 Å². The van der Waals surface area contributed by atoms with Crippen molar-refractivity contribution in [1.82, 2.24) is 0 Å². The smallest absolute Gasteiger partial charge is 0.370 e. The third-order valence-corrected chi connectivity index (χ3v) is 2.39. The molecule has 1 rings (SSSR count). The van der Waals surface area contributed by atoms with Crippen molar-refractivity contribution in [2.24, 2.45) is 5.73 Å². The second-order valence-corrected chi connectivity index (χ2v) is 3.60. The Morgan fingerprint density at radius 1 is 1.62 bits per heavy atom. The molecule has 0 radical (unpaired) electrons. The van der Waals surface area contributed by atoms with Gasteiger partial charge < -0.3 is 30.9 Å². The van der Waals surface area contributed by atoms with Gasteiger partial charge in [-0.25, -0.2) is 4.79 Å². The van der Waals surface area contributed by atoms with Crippen LogP contribution in [0.3, 0.4) is 0 Å². The van der Waals surface area contributed by atoms with Crippen molar-refractivity contribution >= 4 is 5.97 Å². The van der Waals surface area contributed by atoms with Crippen molar-refractivity contribution in [1.29, 1.82) is 0 Å². The first-order chi connectivity index (χ1) is 7.47. The molecule has 0 fully saturated rings. The normalized spacial score (nSPS) is 28.9. The molecular formula is C9H15NO6. The lowest BCUT2D eigenvalue weighted by molar-refractivity contribution is -0.143. The Balaban J connectivity index is 2.74. The Kier molecular flexibility index (Phi) is 4.25. The van der Waals surface area contributed by atoms with E-state index in [4.69, 9.17) is 20.7 Å². The average Bonchev–Trinajstić information content (AvgIpc) is 2.27. The third kappa shape index (κ3) is 2.70. The topological polar surface area (TPSA) is 133 Å². The van der Waals surface area contributed by atoms with Gasteiger partial charge in [-0.15, -0.1) is 0 Å². The van der Waals surface area contributed by atoms with Gasteiger partial charge in [0.25, 0.3) is 0 Å². The van der Waals surface area contributed by atoms with Crippen LogP contribution >= 0.6 is 0 Å². The van der Waals surface area contributed by atoms with E-state index in [9.17, 15) is 15.0 Å². The van der Waals surface area contributed by atoms with Gasteiger partial charge in [0.1, 0.15) is 18.3 Å². The largest absolute Gasteiger partial charge is 0.479 e. The van der Waals surface area contributed by atoms with E-state index in [0.29, 0.717) is 0 Å². The molecule has 16 heavy (non-hydrogen) atoms. The van der Waals surface area contributed by atoms with Crippen LogP contribution in [0.25, 0.3) is 0 Å². The van der Waals surface area contributed by atoms with Crippen LogP contribution in [-0.2, 0) is 9.53 Å². The van der Waals surface area contributed by atoms with E-state index in [0.717, 1.165) is 0 Å². The molecular weight excluding hydrogens is 218 g/mol. The first kappa shape index (κ1) is 12.9. The lowest BCUT2D eigenvalue weighted by Gasteiger charge is -2.33. The molecule has 0 bridgehead atoms. The molecule has 7 heteroatoms. The van der Waals surface area contributed by atoms with Crippen molar-refractivity contribution in [2.75, 3.05) is 6.61 Å². The second kappa shape index (κ2) is 5.26. The van der Waals surface area contributed by atoms with E-state index in [1.165, 1.54) is 6.08 Å². The predicted molar refractivity (Wildman–Crippen MR) is 52.3 cm³/mol. The summed E-state index contributed by atoms with van der Waals surface area (Å²) in [5.41, 5.74) is 5.62. The maximum atomic E-state index is 10.6. The first-order valence-corrected chi connectivity index (χ1v) is 4.80. The molecule has 1 heterocycles. The molecule has 7 nitrogen and oxygen atoms in total. The second-order valence-electron chi connectivity index (χ2n) is 3.60. The highest BCUT2D eigenvalue weighted by Gasteiger charge is 2.36. The number of carboxylic acid groups (broad SMARTS) is 1. The summed E-state index contributed by atoms with van der Waals surface area (Å²) in [4.78, 5) is 10.6. The number of aliphatic carboxylic acids is 1.